The number of imidazole rings is 1. The monoisotopic (exact) mass is 327 g/mol. The Kier molecular flexibility index (Phi) is 5.12. The number of carbonyl (C=O) groups excluding carboxylic acids is 1. The van der Waals surface area contributed by atoms with Crippen molar-refractivity contribution in [3.63, 3.8) is 0 Å². The van der Waals surface area contributed by atoms with Crippen molar-refractivity contribution in [3.8, 4) is 0 Å². The predicted octanol–water partition coefficient (Wildman–Crippen LogP) is 3.86. The molecule has 4 nitrogen and oxygen atoms in total. The van der Waals surface area contributed by atoms with Crippen LogP contribution in [-0.4, -0.2) is 33.4 Å². The summed E-state index contributed by atoms with van der Waals surface area (Å²) in [7, 11) is 0. The highest BCUT2D eigenvalue weighted by Gasteiger charge is 2.19. The molecule has 0 aliphatic heterocycles. The number of benzene rings is 1. The Bertz CT molecular complexity index is 648. The molecule has 1 unspecified atom stereocenters. The molecule has 0 saturated carbocycles. The van der Waals surface area contributed by atoms with Gasteiger partial charge in [0.15, 0.2) is 0 Å². The summed E-state index contributed by atoms with van der Waals surface area (Å²) >= 11 is 12.2. The number of amides is 1. The highest BCUT2D eigenvalue weighted by Crippen LogP contribution is 2.26. The Morgan fingerprint density at radius 2 is 2.05 bits per heavy atom. The molecule has 0 aliphatic rings. The van der Waals surface area contributed by atoms with Crippen LogP contribution in [0.1, 0.15) is 32.0 Å². The molecule has 1 aromatic heterocycles. The predicted molar refractivity (Wildman–Crippen MR) is 86.9 cm³/mol. The van der Waals surface area contributed by atoms with Crippen molar-refractivity contribution in [3.05, 3.63) is 29.0 Å². The van der Waals surface area contributed by atoms with E-state index in [-0.39, 0.29) is 17.8 Å². The average molecular weight is 328 g/mol. The molecule has 0 N–H and O–H groups in total. The van der Waals surface area contributed by atoms with E-state index in [9.17, 15) is 4.79 Å². The number of halogens is 2. The van der Waals surface area contributed by atoms with Gasteiger partial charge in [0.25, 0.3) is 0 Å². The summed E-state index contributed by atoms with van der Waals surface area (Å²) in [5.41, 5.74) is 1.64. The Morgan fingerprint density at radius 1 is 1.38 bits per heavy atom. The molecule has 6 heteroatoms. The number of likely N-dealkylation sites (N-methyl/N-ethyl adjacent to an activating group) is 1. The van der Waals surface area contributed by atoms with E-state index in [1.165, 1.54) is 0 Å². The van der Waals surface area contributed by atoms with Gasteiger partial charge in [-0.15, -0.1) is 11.6 Å². The topological polar surface area (TPSA) is 38.1 Å². The maximum Gasteiger partial charge on any atom is 0.242 e. The Morgan fingerprint density at radius 3 is 2.62 bits per heavy atom. The van der Waals surface area contributed by atoms with Crippen molar-refractivity contribution < 1.29 is 4.79 Å². The number of alkyl halides is 1. The normalized spacial score (nSPS) is 12.6. The number of fused-ring (bicyclic) bond motifs is 1. The number of carbonyl (C=O) groups is 1. The number of aromatic nitrogens is 2. The highest BCUT2D eigenvalue weighted by molar-refractivity contribution is 6.31. The van der Waals surface area contributed by atoms with Crippen LogP contribution in [0.2, 0.25) is 5.02 Å². The quantitative estimate of drug-likeness (QED) is 0.782. The second kappa shape index (κ2) is 6.67. The standard InChI is InChI=1S/C15H19Cl2N3O/c1-4-19(5-2)14(21)9-20-13-7-6-11(17)8-12(13)18-15(20)10(3)16/h6-8,10H,4-5,9H2,1-3H3. The van der Waals surface area contributed by atoms with Crippen molar-refractivity contribution >= 4 is 40.1 Å². The van der Waals surface area contributed by atoms with E-state index in [1.54, 1.807) is 17.0 Å². The fraction of sp³-hybridized carbons (Fsp3) is 0.467. The Labute approximate surface area is 134 Å². The Balaban J connectivity index is 2.46. The summed E-state index contributed by atoms with van der Waals surface area (Å²) in [6.45, 7) is 7.42. The molecule has 2 aromatic rings. The summed E-state index contributed by atoms with van der Waals surface area (Å²) < 4.78 is 1.88. The van der Waals surface area contributed by atoms with Gasteiger partial charge in [-0.2, -0.15) is 0 Å². The van der Waals surface area contributed by atoms with Gasteiger partial charge in [0, 0.05) is 18.1 Å². The van der Waals surface area contributed by atoms with Crippen molar-refractivity contribution in [1.29, 1.82) is 0 Å². The zero-order valence-corrected chi connectivity index (χ0v) is 13.9. The molecule has 114 valence electrons. The highest BCUT2D eigenvalue weighted by atomic mass is 35.5. The van der Waals surface area contributed by atoms with Gasteiger partial charge in [-0.3, -0.25) is 4.79 Å². The van der Waals surface area contributed by atoms with E-state index in [2.05, 4.69) is 4.98 Å². The minimum Gasteiger partial charge on any atom is -0.342 e. The summed E-state index contributed by atoms with van der Waals surface area (Å²) in [6.07, 6.45) is 0. The molecular formula is C15H19Cl2N3O. The lowest BCUT2D eigenvalue weighted by Gasteiger charge is -2.20. The van der Waals surface area contributed by atoms with Crippen molar-refractivity contribution in [2.75, 3.05) is 13.1 Å². The van der Waals surface area contributed by atoms with Crippen LogP contribution in [-0.2, 0) is 11.3 Å². The third-order valence-corrected chi connectivity index (χ3v) is 3.94. The molecule has 0 aliphatic carbocycles. The van der Waals surface area contributed by atoms with E-state index in [0.29, 0.717) is 23.9 Å². The van der Waals surface area contributed by atoms with Gasteiger partial charge in [0.1, 0.15) is 12.4 Å². The van der Waals surface area contributed by atoms with Gasteiger partial charge in [0.2, 0.25) is 5.91 Å². The van der Waals surface area contributed by atoms with Crippen molar-refractivity contribution in [2.45, 2.75) is 32.7 Å². The van der Waals surface area contributed by atoms with Crippen LogP contribution in [0.4, 0.5) is 0 Å². The maximum absolute atomic E-state index is 12.4. The molecule has 1 heterocycles. The number of hydrogen-bond donors (Lipinski definition) is 0. The zero-order valence-electron chi connectivity index (χ0n) is 12.4. The second-order valence-corrected chi connectivity index (χ2v) is 5.96. The molecule has 0 saturated heterocycles. The lowest BCUT2D eigenvalue weighted by Crippen LogP contribution is -2.33. The SMILES string of the molecule is CCN(CC)C(=O)Cn1c(C(C)Cl)nc2cc(Cl)ccc21. The molecular weight excluding hydrogens is 309 g/mol. The van der Waals surface area contributed by atoms with Gasteiger partial charge >= 0.3 is 0 Å². The molecule has 0 bridgehead atoms. The maximum atomic E-state index is 12.4. The van der Waals surface area contributed by atoms with Crippen LogP contribution in [0.3, 0.4) is 0 Å². The first kappa shape index (κ1) is 16.1. The minimum atomic E-state index is -0.277. The van der Waals surface area contributed by atoms with Gasteiger partial charge in [0.05, 0.1) is 16.4 Å². The van der Waals surface area contributed by atoms with E-state index < -0.39 is 0 Å². The van der Waals surface area contributed by atoms with E-state index >= 15 is 0 Å². The molecule has 1 atom stereocenters. The third-order valence-electron chi connectivity index (χ3n) is 3.51. The first-order chi connectivity index (χ1) is 9.97. The fourth-order valence-corrected chi connectivity index (χ4v) is 2.74. The summed E-state index contributed by atoms with van der Waals surface area (Å²) in [6, 6.07) is 5.47. The lowest BCUT2D eigenvalue weighted by atomic mass is 10.3. The molecule has 2 rings (SSSR count). The van der Waals surface area contributed by atoms with Gasteiger partial charge < -0.3 is 9.47 Å². The number of nitrogens with zero attached hydrogens (tertiary/aromatic N) is 3. The molecule has 21 heavy (non-hydrogen) atoms. The number of rotatable bonds is 5. The van der Waals surface area contributed by atoms with Crippen LogP contribution >= 0.6 is 23.2 Å². The Hall–Kier alpha value is -1.26. The fourth-order valence-electron chi connectivity index (χ4n) is 2.40. The van der Waals surface area contributed by atoms with E-state index in [1.807, 2.05) is 31.4 Å². The molecule has 1 aromatic carbocycles. The van der Waals surface area contributed by atoms with E-state index in [4.69, 9.17) is 23.2 Å². The summed E-state index contributed by atoms with van der Waals surface area (Å²) in [5.74, 6) is 0.752. The lowest BCUT2D eigenvalue weighted by molar-refractivity contribution is -0.131. The average Bonchev–Trinajstić information content (AvgIpc) is 2.78. The van der Waals surface area contributed by atoms with Crippen LogP contribution < -0.4 is 0 Å². The van der Waals surface area contributed by atoms with Crippen molar-refractivity contribution in [2.24, 2.45) is 0 Å². The third kappa shape index (κ3) is 3.33. The molecule has 0 spiro atoms. The van der Waals surface area contributed by atoms with Gasteiger partial charge in [-0.25, -0.2) is 4.98 Å². The summed E-state index contributed by atoms with van der Waals surface area (Å²) in [4.78, 5) is 18.7. The molecule has 0 radical (unpaired) electrons. The number of hydrogen-bond acceptors (Lipinski definition) is 2. The van der Waals surface area contributed by atoms with Gasteiger partial charge in [-0.1, -0.05) is 11.6 Å². The van der Waals surface area contributed by atoms with Gasteiger partial charge in [-0.05, 0) is 39.0 Å². The van der Waals surface area contributed by atoms with Crippen LogP contribution in [0.25, 0.3) is 11.0 Å². The zero-order chi connectivity index (χ0) is 15.6. The van der Waals surface area contributed by atoms with Crippen LogP contribution in [0.5, 0.6) is 0 Å². The molecule has 0 fully saturated rings. The molecule has 1 amide bonds. The van der Waals surface area contributed by atoms with E-state index in [0.717, 1.165) is 11.0 Å². The van der Waals surface area contributed by atoms with Crippen LogP contribution in [0, 0.1) is 0 Å². The second-order valence-electron chi connectivity index (χ2n) is 4.87. The minimum absolute atomic E-state index is 0.0628. The summed E-state index contributed by atoms with van der Waals surface area (Å²) in [5, 5.41) is 0.344. The largest absolute Gasteiger partial charge is 0.342 e. The first-order valence-corrected chi connectivity index (χ1v) is 7.86. The van der Waals surface area contributed by atoms with Crippen LogP contribution in [0.15, 0.2) is 18.2 Å². The first-order valence-electron chi connectivity index (χ1n) is 7.05. The van der Waals surface area contributed by atoms with Crippen molar-refractivity contribution in [1.82, 2.24) is 14.5 Å². The smallest absolute Gasteiger partial charge is 0.242 e.